The Hall–Kier alpha value is -2.30. The van der Waals surface area contributed by atoms with Crippen LogP contribution in [0.4, 0.5) is 18.9 Å². The van der Waals surface area contributed by atoms with Crippen LogP contribution in [0.5, 0.6) is 5.75 Å². The lowest BCUT2D eigenvalue weighted by molar-refractivity contribution is -0.137. The lowest BCUT2D eigenvalue weighted by Crippen LogP contribution is -2.08. The third kappa shape index (κ3) is 3.38. The summed E-state index contributed by atoms with van der Waals surface area (Å²) in [5.74, 6) is 0.666. The number of rotatable bonds is 3. The Morgan fingerprint density at radius 3 is 2.25 bits per heavy atom. The monoisotopic (exact) mass is 279 g/mol. The topological polar surface area (TPSA) is 21.6 Å². The molecule has 2 aromatic rings. The van der Waals surface area contributed by atoms with Crippen molar-refractivity contribution in [2.45, 2.75) is 6.18 Å². The molecule has 0 aliphatic carbocycles. The van der Waals surface area contributed by atoms with Crippen LogP contribution in [0.15, 0.2) is 53.5 Å². The molecule has 104 valence electrons. The van der Waals surface area contributed by atoms with Gasteiger partial charge in [-0.2, -0.15) is 13.2 Å². The van der Waals surface area contributed by atoms with Crippen LogP contribution < -0.4 is 4.74 Å². The molecule has 20 heavy (non-hydrogen) atoms. The number of ether oxygens (including phenoxy) is 1. The van der Waals surface area contributed by atoms with E-state index in [1.807, 2.05) is 0 Å². The van der Waals surface area contributed by atoms with E-state index < -0.39 is 11.7 Å². The highest BCUT2D eigenvalue weighted by Gasteiger charge is 2.32. The van der Waals surface area contributed by atoms with Gasteiger partial charge in [-0.1, -0.05) is 18.2 Å². The van der Waals surface area contributed by atoms with Gasteiger partial charge >= 0.3 is 6.18 Å². The molecule has 0 radical (unpaired) electrons. The summed E-state index contributed by atoms with van der Waals surface area (Å²) in [5, 5.41) is 0. The van der Waals surface area contributed by atoms with Crippen molar-refractivity contribution >= 4 is 11.9 Å². The third-order valence-corrected chi connectivity index (χ3v) is 2.69. The zero-order valence-corrected chi connectivity index (χ0v) is 10.7. The minimum Gasteiger partial charge on any atom is -0.497 e. The Bertz CT molecular complexity index is 603. The van der Waals surface area contributed by atoms with Crippen molar-refractivity contribution in [2.24, 2.45) is 4.99 Å². The fraction of sp³-hybridized carbons (Fsp3) is 0.133. The Balaban J connectivity index is 2.27. The number of halogens is 3. The summed E-state index contributed by atoms with van der Waals surface area (Å²) in [6.07, 6.45) is -3.17. The van der Waals surface area contributed by atoms with Crippen molar-refractivity contribution in [3.63, 3.8) is 0 Å². The molecular formula is C15H12F3NO. The molecule has 0 N–H and O–H groups in total. The van der Waals surface area contributed by atoms with Crippen molar-refractivity contribution in [1.29, 1.82) is 0 Å². The Kier molecular flexibility index (Phi) is 4.08. The van der Waals surface area contributed by atoms with Gasteiger partial charge in [0.2, 0.25) is 0 Å². The fourth-order valence-electron chi connectivity index (χ4n) is 1.68. The van der Waals surface area contributed by atoms with Gasteiger partial charge in [0.15, 0.2) is 0 Å². The predicted molar refractivity (Wildman–Crippen MR) is 71.7 cm³/mol. The second kappa shape index (κ2) is 5.77. The molecule has 0 saturated heterocycles. The van der Waals surface area contributed by atoms with Crippen molar-refractivity contribution in [3.8, 4) is 5.75 Å². The maximum absolute atomic E-state index is 12.8. The van der Waals surface area contributed by atoms with E-state index in [0.717, 1.165) is 6.07 Å². The van der Waals surface area contributed by atoms with E-state index in [0.29, 0.717) is 11.4 Å². The zero-order chi connectivity index (χ0) is 14.6. The Morgan fingerprint density at radius 2 is 1.65 bits per heavy atom. The van der Waals surface area contributed by atoms with Gasteiger partial charge in [0, 0.05) is 11.8 Å². The van der Waals surface area contributed by atoms with E-state index in [9.17, 15) is 13.2 Å². The van der Waals surface area contributed by atoms with Crippen LogP contribution in [0.1, 0.15) is 11.1 Å². The van der Waals surface area contributed by atoms with E-state index in [1.165, 1.54) is 25.5 Å². The average molecular weight is 279 g/mol. The van der Waals surface area contributed by atoms with Gasteiger partial charge in [-0.05, 0) is 30.3 Å². The van der Waals surface area contributed by atoms with Crippen LogP contribution in [0, 0.1) is 0 Å². The molecule has 0 aliphatic rings. The Labute approximate surface area is 114 Å². The lowest BCUT2D eigenvalue weighted by Gasteiger charge is -2.09. The maximum atomic E-state index is 12.8. The van der Waals surface area contributed by atoms with Crippen LogP contribution in [0.2, 0.25) is 0 Å². The van der Waals surface area contributed by atoms with Crippen molar-refractivity contribution in [1.82, 2.24) is 0 Å². The van der Waals surface area contributed by atoms with Gasteiger partial charge in [0.1, 0.15) is 5.75 Å². The lowest BCUT2D eigenvalue weighted by atomic mass is 10.1. The molecule has 0 bridgehead atoms. The first-order valence-corrected chi connectivity index (χ1v) is 5.85. The summed E-state index contributed by atoms with van der Waals surface area (Å²) >= 11 is 0. The molecular weight excluding hydrogens is 267 g/mol. The normalized spacial score (nSPS) is 11.8. The van der Waals surface area contributed by atoms with Crippen molar-refractivity contribution in [3.05, 3.63) is 59.7 Å². The number of benzene rings is 2. The molecule has 0 heterocycles. The highest BCUT2D eigenvalue weighted by Crippen LogP contribution is 2.31. The summed E-state index contributed by atoms with van der Waals surface area (Å²) in [7, 11) is 1.54. The molecule has 0 saturated carbocycles. The SMILES string of the molecule is COc1ccc(N=Cc2ccccc2C(F)(F)F)cc1. The number of methoxy groups -OCH3 is 1. The van der Waals surface area contributed by atoms with E-state index in [1.54, 1.807) is 30.3 Å². The van der Waals surface area contributed by atoms with Crippen LogP contribution in [-0.2, 0) is 6.18 Å². The van der Waals surface area contributed by atoms with Crippen molar-refractivity contribution in [2.75, 3.05) is 7.11 Å². The summed E-state index contributed by atoms with van der Waals surface area (Å²) in [5.41, 5.74) is -0.101. The first-order chi connectivity index (χ1) is 9.50. The zero-order valence-electron chi connectivity index (χ0n) is 10.7. The summed E-state index contributed by atoms with van der Waals surface area (Å²) in [4.78, 5) is 4.05. The van der Waals surface area contributed by atoms with Crippen LogP contribution in [0.25, 0.3) is 0 Å². The van der Waals surface area contributed by atoms with Gasteiger partial charge in [-0.25, -0.2) is 0 Å². The fourth-order valence-corrected chi connectivity index (χ4v) is 1.68. The molecule has 0 fully saturated rings. The molecule has 0 unspecified atom stereocenters. The molecule has 0 atom stereocenters. The number of alkyl halides is 3. The second-order valence-corrected chi connectivity index (χ2v) is 4.04. The van der Waals surface area contributed by atoms with Crippen molar-refractivity contribution < 1.29 is 17.9 Å². The number of hydrogen-bond acceptors (Lipinski definition) is 2. The predicted octanol–water partition coefficient (Wildman–Crippen LogP) is 4.46. The number of aliphatic imine (C=N–C) groups is 1. The van der Waals surface area contributed by atoms with Gasteiger partial charge in [-0.3, -0.25) is 4.99 Å². The van der Waals surface area contributed by atoms with Gasteiger partial charge in [-0.15, -0.1) is 0 Å². The summed E-state index contributed by atoms with van der Waals surface area (Å²) in [6, 6.07) is 12.1. The highest BCUT2D eigenvalue weighted by atomic mass is 19.4. The Morgan fingerprint density at radius 1 is 1.00 bits per heavy atom. The van der Waals surface area contributed by atoms with Crippen LogP contribution in [-0.4, -0.2) is 13.3 Å². The first kappa shape index (κ1) is 14.1. The molecule has 0 amide bonds. The van der Waals surface area contributed by atoms with E-state index in [2.05, 4.69) is 4.99 Å². The van der Waals surface area contributed by atoms with Gasteiger partial charge in [0.05, 0.1) is 18.4 Å². The summed E-state index contributed by atoms with van der Waals surface area (Å²) < 4.78 is 43.4. The third-order valence-electron chi connectivity index (χ3n) is 2.69. The minimum absolute atomic E-state index is 0.0378. The maximum Gasteiger partial charge on any atom is 0.417 e. The molecule has 2 aromatic carbocycles. The molecule has 5 heteroatoms. The molecule has 0 spiro atoms. The van der Waals surface area contributed by atoms with E-state index in [4.69, 9.17) is 4.74 Å². The molecule has 2 nitrogen and oxygen atoms in total. The van der Waals surface area contributed by atoms with Gasteiger partial charge in [0.25, 0.3) is 0 Å². The first-order valence-electron chi connectivity index (χ1n) is 5.85. The quantitative estimate of drug-likeness (QED) is 0.760. The van der Waals surface area contributed by atoms with E-state index >= 15 is 0 Å². The highest BCUT2D eigenvalue weighted by molar-refractivity contribution is 5.84. The second-order valence-electron chi connectivity index (χ2n) is 4.04. The smallest absolute Gasteiger partial charge is 0.417 e. The molecule has 2 rings (SSSR count). The number of hydrogen-bond donors (Lipinski definition) is 0. The van der Waals surface area contributed by atoms with Gasteiger partial charge < -0.3 is 4.74 Å². The summed E-state index contributed by atoms with van der Waals surface area (Å²) in [6.45, 7) is 0. The number of nitrogens with zero attached hydrogens (tertiary/aromatic N) is 1. The minimum atomic E-state index is -4.39. The van der Waals surface area contributed by atoms with Crippen LogP contribution >= 0.6 is 0 Å². The largest absolute Gasteiger partial charge is 0.497 e. The average Bonchev–Trinajstić information content (AvgIpc) is 2.45. The molecule has 0 aliphatic heterocycles. The standard InChI is InChI=1S/C15H12F3NO/c1-20-13-8-6-12(7-9-13)19-10-11-4-2-3-5-14(11)15(16,17)18/h2-10H,1H3. The molecule has 0 aromatic heterocycles. The van der Waals surface area contributed by atoms with Crippen LogP contribution in [0.3, 0.4) is 0 Å². The van der Waals surface area contributed by atoms with E-state index in [-0.39, 0.29) is 5.56 Å².